The summed E-state index contributed by atoms with van der Waals surface area (Å²) < 4.78 is 8.27. The molecule has 6 heteroatoms. The standard InChI is InChI=1S/C29H30ClN3O2/c1-20(2)21-12-14-23(15-13-21)35-17-7-16-32-27-11-6-4-9-25(27)31-29(32)22-18-28(34)33(19-22)26-10-5-3-8-24(26)30/h3-6,8-15,20,22H,7,16-19H2,1-2H3. The van der Waals surface area contributed by atoms with E-state index in [0.717, 1.165) is 41.3 Å². The molecule has 1 aliphatic heterocycles. The number of hydrogen-bond donors (Lipinski definition) is 0. The van der Waals surface area contributed by atoms with E-state index in [2.05, 4.69) is 36.6 Å². The van der Waals surface area contributed by atoms with E-state index >= 15 is 0 Å². The molecule has 0 aliphatic carbocycles. The van der Waals surface area contributed by atoms with E-state index in [1.54, 1.807) is 4.90 Å². The van der Waals surface area contributed by atoms with Gasteiger partial charge < -0.3 is 14.2 Å². The van der Waals surface area contributed by atoms with Crippen LogP contribution in [-0.4, -0.2) is 28.6 Å². The maximum Gasteiger partial charge on any atom is 0.227 e. The molecule has 1 amide bonds. The number of ether oxygens (including phenoxy) is 1. The Labute approximate surface area is 211 Å². The third kappa shape index (κ3) is 4.92. The lowest BCUT2D eigenvalue weighted by Crippen LogP contribution is -2.24. The zero-order valence-corrected chi connectivity index (χ0v) is 20.9. The molecule has 3 aromatic carbocycles. The average molecular weight is 488 g/mol. The lowest BCUT2D eigenvalue weighted by Gasteiger charge is -2.18. The van der Waals surface area contributed by atoms with Crippen molar-refractivity contribution in [2.75, 3.05) is 18.1 Å². The van der Waals surface area contributed by atoms with Crippen LogP contribution in [0.25, 0.3) is 11.0 Å². The van der Waals surface area contributed by atoms with E-state index in [-0.39, 0.29) is 11.8 Å². The molecule has 1 saturated heterocycles. The van der Waals surface area contributed by atoms with Gasteiger partial charge in [0.25, 0.3) is 0 Å². The minimum atomic E-state index is 0.00988. The van der Waals surface area contributed by atoms with Crippen LogP contribution < -0.4 is 9.64 Å². The summed E-state index contributed by atoms with van der Waals surface area (Å²) in [5, 5.41) is 0.591. The van der Waals surface area contributed by atoms with Crippen LogP contribution in [0.5, 0.6) is 5.75 Å². The molecule has 0 bridgehead atoms. The van der Waals surface area contributed by atoms with Gasteiger partial charge in [0.05, 0.1) is 28.4 Å². The largest absolute Gasteiger partial charge is 0.494 e. The predicted octanol–water partition coefficient (Wildman–Crippen LogP) is 6.80. The highest BCUT2D eigenvalue weighted by atomic mass is 35.5. The second-order valence-corrected chi connectivity index (χ2v) is 9.80. The Hall–Kier alpha value is -3.31. The van der Waals surface area contributed by atoms with Gasteiger partial charge in [0.15, 0.2) is 0 Å². The van der Waals surface area contributed by atoms with E-state index in [4.69, 9.17) is 21.3 Å². The Morgan fingerprint density at radius 1 is 1.03 bits per heavy atom. The molecule has 5 rings (SSSR count). The second-order valence-electron chi connectivity index (χ2n) is 9.39. The number of aryl methyl sites for hydroxylation is 1. The van der Waals surface area contributed by atoms with Gasteiger partial charge in [-0.05, 0) is 54.3 Å². The molecule has 35 heavy (non-hydrogen) atoms. The number of benzene rings is 3. The number of carbonyl (C=O) groups excluding carboxylic acids is 1. The van der Waals surface area contributed by atoms with Gasteiger partial charge in [-0.1, -0.05) is 61.8 Å². The van der Waals surface area contributed by atoms with E-state index in [0.29, 0.717) is 30.5 Å². The lowest BCUT2D eigenvalue weighted by molar-refractivity contribution is -0.117. The monoisotopic (exact) mass is 487 g/mol. The maximum absolute atomic E-state index is 12.9. The molecule has 0 N–H and O–H groups in total. The van der Waals surface area contributed by atoms with Crippen LogP contribution >= 0.6 is 11.6 Å². The highest BCUT2D eigenvalue weighted by molar-refractivity contribution is 6.33. The Balaban J connectivity index is 1.31. The molecule has 2 heterocycles. The van der Waals surface area contributed by atoms with Crippen molar-refractivity contribution in [1.29, 1.82) is 0 Å². The first-order chi connectivity index (χ1) is 17.0. The van der Waals surface area contributed by atoms with Crippen LogP contribution in [0.15, 0.2) is 72.8 Å². The zero-order valence-electron chi connectivity index (χ0n) is 20.2. The van der Waals surface area contributed by atoms with Gasteiger partial charge in [0.1, 0.15) is 11.6 Å². The zero-order chi connectivity index (χ0) is 24.4. The number of carbonyl (C=O) groups is 1. The highest BCUT2D eigenvalue weighted by Crippen LogP contribution is 2.36. The molecule has 5 nitrogen and oxygen atoms in total. The Morgan fingerprint density at radius 3 is 2.54 bits per heavy atom. The quantitative estimate of drug-likeness (QED) is 0.257. The number of imidazole rings is 1. The Bertz CT molecular complexity index is 1330. The van der Waals surface area contributed by atoms with Crippen LogP contribution in [0.1, 0.15) is 49.9 Å². The van der Waals surface area contributed by atoms with Gasteiger partial charge in [0.2, 0.25) is 5.91 Å². The molecular formula is C29H30ClN3O2. The van der Waals surface area contributed by atoms with E-state index < -0.39 is 0 Å². The van der Waals surface area contributed by atoms with Gasteiger partial charge in [-0.3, -0.25) is 4.79 Å². The highest BCUT2D eigenvalue weighted by Gasteiger charge is 2.35. The summed E-state index contributed by atoms with van der Waals surface area (Å²) in [5.74, 6) is 2.44. The van der Waals surface area contributed by atoms with Crippen LogP contribution in [0.4, 0.5) is 5.69 Å². The van der Waals surface area contributed by atoms with Gasteiger partial charge in [-0.15, -0.1) is 0 Å². The maximum atomic E-state index is 12.9. The SMILES string of the molecule is CC(C)c1ccc(OCCCn2c(C3CC(=O)N(c4ccccc4Cl)C3)nc3ccccc32)cc1. The molecule has 1 atom stereocenters. The van der Waals surface area contributed by atoms with Crippen LogP contribution in [0.2, 0.25) is 5.02 Å². The fourth-order valence-corrected chi connectivity index (χ4v) is 5.02. The summed E-state index contributed by atoms with van der Waals surface area (Å²) in [5.41, 5.74) is 4.12. The minimum absolute atomic E-state index is 0.00988. The first-order valence-electron chi connectivity index (χ1n) is 12.2. The number of anilines is 1. The first kappa shape index (κ1) is 23.4. The number of aromatic nitrogens is 2. The van der Waals surface area contributed by atoms with Gasteiger partial charge >= 0.3 is 0 Å². The number of halogens is 1. The molecule has 0 saturated carbocycles. The van der Waals surface area contributed by atoms with Crippen molar-refractivity contribution in [2.45, 2.75) is 45.1 Å². The predicted molar refractivity (Wildman–Crippen MR) is 142 cm³/mol. The topological polar surface area (TPSA) is 47.4 Å². The van der Waals surface area contributed by atoms with E-state index in [1.165, 1.54) is 5.56 Å². The van der Waals surface area contributed by atoms with Crippen molar-refractivity contribution in [3.05, 3.63) is 89.2 Å². The molecule has 1 aromatic heterocycles. The van der Waals surface area contributed by atoms with Crippen molar-refractivity contribution in [3.63, 3.8) is 0 Å². The van der Waals surface area contributed by atoms with Gasteiger partial charge in [-0.25, -0.2) is 4.98 Å². The molecule has 4 aromatic rings. The number of rotatable bonds is 8. The number of nitrogens with zero attached hydrogens (tertiary/aromatic N) is 3. The number of amides is 1. The molecule has 1 fully saturated rings. The van der Waals surface area contributed by atoms with Crippen molar-refractivity contribution >= 4 is 34.2 Å². The average Bonchev–Trinajstić information content (AvgIpc) is 3.43. The Kier molecular flexibility index (Phi) is 6.78. The fraction of sp³-hybridized carbons (Fsp3) is 0.310. The van der Waals surface area contributed by atoms with E-state index in [1.807, 2.05) is 54.6 Å². The van der Waals surface area contributed by atoms with Crippen molar-refractivity contribution in [1.82, 2.24) is 9.55 Å². The summed E-state index contributed by atoms with van der Waals surface area (Å²) in [4.78, 5) is 19.7. The summed E-state index contributed by atoms with van der Waals surface area (Å²) in [6.45, 7) is 6.34. The third-order valence-electron chi connectivity index (χ3n) is 6.66. The lowest BCUT2D eigenvalue weighted by atomic mass is 10.0. The van der Waals surface area contributed by atoms with Gasteiger partial charge in [0, 0.05) is 25.4 Å². The van der Waals surface area contributed by atoms with Crippen LogP contribution in [-0.2, 0) is 11.3 Å². The molecule has 1 unspecified atom stereocenters. The summed E-state index contributed by atoms with van der Waals surface area (Å²) >= 11 is 6.39. The van der Waals surface area contributed by atoms with Crippen molar-refractivity contribution < 1.29 is 9.53 Å². The number of fused-ring (bicyclic) bond motifs is 1. The van der Waals surface area contributed by atoms with Gasteiger partial charge in [-0.2, -0.15) is 0 Å². The molecule has 0 spiro atoms. The second kappa shape index (κ2) is 10.1. The number of para-hydroxylation sites is 3. The van der Waals surface area contributed by atoms with Crippen molar-refractivity contribution in [2.24, 2.45) is 0 Å². The first-order valence-corrected chi connectivity index (χ1v) is 12.6. The summed E-state index contributed by atoms with van der Waals surface area (Å²) in [6.07, 6.45) is 1.27. The van der Waals surface area contributed by atoms with Crippen LogP contribution in [0, 0.1) is 0 Å². The third-order valence-corrected chi connectivity index (χ3v) is 6.98. The number of hydrogen-bond acceptors (Lipinski definition) is 3. The summed E-state index contributed by atoms with van der Waals surface area (Å²) in [7, 11) is 0. The molecular weight excluding hydrogens is 458 g/mol. The molecule has 180 valence electrons. The summed E-state index contributed by atoms with van der Waals surface area (Å²) in [6, 6.07) is 24.0. The Morgan fingerprint density at radius 2 is 1.77 bits per heavy atom. The van der Waals surface area contributed by atoms with Crippen molar-refractivity contribution in [3.8, 4) is 5.75 Å². The normalized spacial score (nSPS) is 15.9. The minimum Gasteiger partial charge on any atom is -0.494 e. The van der Waals surface area contributed by atoms with E-state index in [9.17, 15) is 4.79 Å². The molecule has 0 radical (unpaired) electrons. The van der Waals surface area contributed by atoms with Crippen LogP contribution in [0.3, 0.4) is 0 Å². The fourth-order valence-electron chi connectivity index (χ4n) is 4.79. The molecule has 1 aliphatic rings. The smallest absolute Gasteiger partial charge is 0.227 e.